The van der Waals surface area contributed by atoms with Crippen molar-refractivity contribution in [1.82, 2.24) is 19.9 Å². The number of hydrogen-bond acceptors (Lipinski definition) is 10. The van der Waals surface area contributed by atoms with Gasteiger partial charge in [-0.1, -0.05) is 59.6 Å². The van der Waals surface area contributed by atoms with Gasteiger partial charge in [-0.15, -0.1) is 0 Å². The maximum absolute atomic E-state index is 10.8. The van der Waals surface area contributed by atoms with Crippen molar-refractivity contribution in [3.8, 4) is 11.8 Å². The van der Waals surface area contributed by atoms with Crippen LogP contribution in [-0.4, -0.2) is 83.8 Å². The van der Waals surface area contributed by atoms with Gasteiger partial charge < -0.3 is 29.3 Å². The Bertz CT molecular complexity index is 1440. The Kier molecular flexibility index (Phi) is 13.2. The summed E-state index contributed by atoms with van der Waals surface area (Å²) in [6.07, 6.45) is 0.921. The molecule has 0 saturated heterocycles. The number of methoxy groups -OCH3 is 2. The summed E-state index contributed by atoms with van der Waals surface area (Å²) in [5.41, 5.74) is 4.23. The van der Waals surface area contributed by atoms with Gasteiger partial charge in [-0.2, -0.15) is 9.97 Å². The first-order valence-corrected chi connectivity index (χ1v) is 12.5. The molecule has 2 heterocycles. The van der Waals surface area contributed by atoms with E-state index in [1.54, 1.807) is 26.0 Å². The summed E-state index contributed by atoms with van der Waals surface area (Å²) in [6, 6.07) is 14.8. The van der Waals surface area contributed by atoms with Crippen LogP contribution in [0.2, 0.25) is 10.0 Å². The number of aryl methyl sites for hydroxylation is 2. The first-order chi connectivity index (χ1) is 19.0. The van der Waals surface area contributed by atoms with Crippen molar-refractivity contribution in [1.29, 1.82) is 0 Å². The van der Waals surface area contributed by atoms with Crippen molar-refractivity contribution < 1.29 is 29.3 Å². The molecule has 208 valence electrons. The molecule has 2 aromatic carbocycles. The minimum absolute atomic E-state index is 0. The minimum atomic E-state index is -1.43. The topological polar surface area (TPSA) is 150 Å². The monoisotopic (exact) mass is 622 g/mol. The number of carboxylic acid groups (broad SMARTS) is 2. The van der Waals surface area contributed by atoms with Crippen LogP contribution in [0.3, 0.4) is 0 Å². The van der Waals surface area contributed by atoms with Crippen LogP contribution in [0.4, 0.5) is 0 Å². The Labute approximate surface area is 276 Å². The van der Waals surface area contributed by atoms with E-state index in [1.165, 1.54) is 14.2 Å². The van der Waals surface area contributed by atoms with Gasteiger partial charge in [0.05, 0.1) is 14.2 Å². The summed E-state index contributed by atoms with van der Waals surface area (Å²) in [6.45, 7) is 3.39. The van der Waals surface area contributed by atoms with Crippen LogP contribution < -0.4 is 19.7 Å². The molecule has 0 radical (unpaired) electrons. The molecule has 41 heavy (non-hydrogen) atoms. The predicted molar refractivity (Wildman–Crippen MR) is 150 cm³/mol. The Morgan fingerprint density at radius 1 is 0.683 bits per heavy atom. The van der Waals surface area contributed by atoms with Crippen LogP contribution >= 0.6 is 23.2 Å². The fraction of sp³-hybridized carbons (Fsp3) is 0.214. The number of hydrogen-bond donors (Lipinski definition) is 0. The molecule has 0 unspecified atom stereocenters. The summed E-state index contributed by atoms with van der Waals surface area (Å²) < 4.78 is 10.3. The van der Waals surface area contributed by atoms with Crippen LogP contribution in [0.15, 0.2) is 48.5 Å². The van der Waals surface area contributed by atoms with E-state index in [9.17, 15) is 19.8 Å². The summed E-state index contributed by atoms with van der Waals surface area (Å²) >= 11 is 12.2. The third-order valence-electron chi connectivity index (χ3n) is 5.75. The van der Waals surface area contributed by atoms with Gasteiger partial charge in [0.15, 0.2) is 11.6 Å². The first kappa shape index (κ1) is 34.2. The maximum Gasteiger partial charge on any atom is 2.00 e. The summed E-state index contributed by atoms with van der Waals surface area (Å²) in [7, 11) is 2.86. The molecule has 4 rings (SSSR count). The molecule has 2 aromatic heterocycles. The summed E-state index contributed by atoms with van der Waals surface area (Å²) in [5.74, 6) is -3.20. The normalized spacial score (nSPS) is 10.1. The molecular weight excluding hydrogens is 599 g/mol. The Morgan fingerprint density at radius 3 is 1.32 bits per heavy atom. The van der Waals surface area contributed by atoms with Gasteiger partial charge in [-0.3, -0.25) is 0 Å². The molecule has 0 aliphatic carbocycles. The van der Waals surface area contributed by atoms with E-state index in [-0.39, 0.29) is 61.1 Å². The minimum Gasteiger partial charge on any atom is -0.541 e. The van der Waals surface area contributed by atoms with Crippen LogP contribution in [-0.2, 0) is 12.8 Å². The Balaban J connectivity index is 0.000000280. The number of halogens is 2. The predicted octanol–water partition coefficient (Wildman–Crippen LogP) is 2.42. The molecule has 4 aromatic rings. The van der Waals surface area contributed by atoms with Crippen molar-refractivity contribution in [2.75, 3.05) is 14.2 Å². The van der Waals surface area contributed by atoms with Crippen molar-refractivity contribution in [2.45, 2.75) is 26.7 Å². The maximum atomic E-state index is 10.8. The quantitative estimate of drug-likeness (QED) is 0.268. The number of aromatic nitrogens is 4. The van der Waals surface area contributed by atoms with E-state index in [0.717, 1.165) is 11.1 Å². The number of rotatable bonds is 8. The molecule has 0 aliphatic rings. The number of aromatic carboxylic acids is 2. The Morgan fingerprint density at radius 2 is 1.02 bits per heavy atom. The molecule has 0 N–H and O–H groups in total. The third-order valence-corrected chi connectivity index (χ3v) is 6.49. The molecule has 0 amide bonds. The van der Waals surface area contributed by atoms with Crippen molar-refractivity contribution in [3.05, 3.63) is 104 Å². The van der Waals surface area contributed by atoms with E-state index in [4.69, 9.17) is 32.7 Å². The summed E-state index contributed by atoms with van der Waals surface area (Å²) in [5, 5.41) is 22.9. The molecule has 0 aliphatic heterocycles. The number of ether oxygens (including phenoxy) is 2. The molecule has 0 atom stereocenters. The number of benzene rings is 2. The molecule has 13 heteroatoms. The average molecular weight is 624 g/mol. The molecule has 0 spiro atoms. The van der Waals surface area contributed by atoms with Crippen LogP contribution in [0.5, 0.6) is 11.8 Å². The zero-order valence-electron chi connectivity index (χ0n) is 22.7. The fourth-order valence-corrected chi connectivity index (χ4v) is 4.14. The van der Waals surface area contributed by atoms with Gasteiger partial charge in [-0.25, -0.2) is 9.97 Å². The second-order valence-corrected chi connectivity index (χ2v) is 9.17. The van der Waals surface area contributed by atoms with Crippen molar-refractivity contribution in [2.24, 2.45) is 0 Å². The fourth-order valence-electron chi connectivity index (χ4n) is 3.73. The van der Waals surface area contributed by atoms with E-state index < -0.39 is 11.9 Å². The van der Waals surface area contributed by atoms with Crippen LogP contribution in [0.1, 0.15) is 54.9 Å². The van der Waals surface area contributed by atoms with Gasteiger partial charge in [0.2, 0.25) is 11.8 Å². The number of carbonyl (C=O) groups excluding carboxylic acids is 2. The standard InChI is InChI=1S/2C14H13ClN2O3.Ca/c2*1-8-10(7-9-5-3-4-6-11(9)15)13(20-2)17-12(16-8)14(18)19;/h2*3-6H,7H2,1-2H3,(H,18,19);/q;;+2/p-2. The Hall–Kier alpha value is -3.02. The van der Waals surface area contributed by atoms with E-state index in [1.807, 2.05) is 36.4 Å². The number of carbonyl (C=O) groups is 2. The van der Waals surface area contributed by atoms with Crippen LogP contribution in [0.25, 0.3) is 0 Å². The molecule has 0 bridgehead atoms. The van der Waals surface area contributed by atoms with E-state index in [2.05, 4.69) is 19.9 Å². The van der Waals surface area contributed by atoms with Gasteiger partial charge in [0, 0.05) is 45.4 Å². The van der Waals surface area contributed by atoms with Gasteiger partial charge in [-0.05, 0) is 37.1 Å². The second-order valence-electron chi connectivity index (χ2n) is 8.35. The number of nitrogens with zero attached hydrogens (tertiary/aromatic N) is 4. The second kappa shape index (κ2) is 15.8. The van der Waals surface area contributed by atoms with E-state index >= 15 is 0 Å². The first-order valence-electron chi connectivity index (χ1n) is 11.8. The van der Waals surface area contributed by atoms with E-state index in [0.29, 0.717) is 45.4 Å². The molecule has 10 nitrogen and oxygen atoms in total. The zero-order chi connectivity index (χ0) is 29.4. The van der Waals surface area contributed by atoms with Crippen LogP contribution in [0, 0.1) is 13.8 Å². The summed E-state index contributed by atoms with van der Waals surface area (Å²) in [4.78, 5) is 37.2. The average Bonchev–Trinajstić information content (AvgIpc) is 2.92. The molecule has 0 saturated carbocycles. The number of carboxylic acids is 2. The SMILES string of the molecule is COc1nc(C(=O)[O-])nc(C)c1Cc1ccccc1Cl.COc1nc(C(=O)[O-])nc(C)c1Cc1ccccc1Cl.[Ca+2]. The van der Waals surface area contributed by atoms with Crippen molar-refractivity contribution >= 4 is 72.9 Å². The molecular formula is C28H24CaCl2N4O6. The largest absolute Gasteiger partial charge is 2.00 e. The van der Waals surface area contributed by atoms with Gasteiger partial charge in [0.1, 0.15) is 11.9 Å². The van der Waals surface area contributed by atoms with Crippen molar-refractivity contribution in [3.63, 3.8) is 0 Å². The smallest absolute Gasteiger partial charge is 0.541 e. The zero-order valence-corrected chi connectivity index (χ0v) is 26.5. The third kappa shape index (κ3) is 8.98. The van der Waals surface area contributed by atoms with Gasteiger partial charge >= 0.3 is 37.7 Å². The van der Waals surface area contributed by atoms with Gasteiger partial charge in [0.25, 0.3) is 0 Å². The molecule has 0 fully saturated rings.